The van der Waals surface area contributed by atoms with Gasteiger partial charge in [0.15, 0.2) is 0 Å². The molecule has 1 unspecified atom stereocenters. The number of hydrogen-bond donors (Lipinski definition) is 1. The highest BCUT2D eigenvalue weighted by atomic mass is 32.2. The van der Waals surface area contributed by atoms with Gasteiger partial charge in [-0.1, -0.05) is 13.8 Å². The van der Waals surface area contributed by atoms with E-state index in [0.717, 1.165) is 19.4 Å². The van der Waals surface area contributed by atoms with Gasteiger partial charge in [-0.2, -0.15) is 0 Å². The number of piperidine rings is 1. The first-order valence-corrected chi connectivity index (χ1v) is 8.04. The molecule has 0 aromatic carbocycles. The van der Waals surface area contributed by atoms with E-state index in [1.807, 2.05) is 0 Å². The van der Waals surface area contributed by atoms with Crippen LogP contribution in [0.1, 0.15) is 26.7 Å². The summed E-state index contributed by atoms with van der Waals surface area (Å²) < 4.78 is 24.4. The highest BCUT2D eigenvalue weighted by Crippen LogP contribution is 2.17. The first kappa shape index (κ1) is 14.9. The van der Waals surface area contributed by atoms with Gasteiger partial charge in [0.05, 0.1) is 12.9 Å². The third-order valence-electron chi connectivity index (χ3n) is 2.84. The molecule has 1 N–H and O–H groups in total. The fourth-order valence-corrected chi connectivity index (χ4v) is 2.84. The van der Waals surface area contributed by atoms with Crippen molar-refractivity contribution in [2.75, 3.05) is 32.5 Å². The Labute approximate surface area is 105 Å². The SMILES string of the molecule is CC(C)CONCC1CCCN(S(C)(=O)=O)C1. The molecule has 0 aromatic heterocycles. The summed E-state index contributed by atoms with van der Waals surface area (Å²) in [5.41, 5.74) is 2.94. The van der Waals surface area contributed by atoms with Crippen LogP contribution in [0, 0.1) is 11.8 Å². The van der Waals surface area contributed by atoms with Crippen LogP contribution in [0.3, 0.4) is 0 Å². The number of rotatable bonds is 6. The summed E-state index contributed by atoms with van der Waals surface area (Å²) in [6.45, 7) is 6.85. The van der Waals surface area contributed by atoms with Crippen LogP contribution in [0.2, 0.25) is 0 Å². The largest absolute Gasteiger partial charge is 0.302 e. The molecule has 102 valence electrons. The maximum Gasteiger partial charge on any atom is 0.211 e. The van der Waals surface area contributed by atoms with E-state index < -0.39 is 10.0 Å². The van der Waals surface area contributed by atoms with Crippen molar-refractivity contribution in [3.8, 4) is 0 Å². The van der Waals surface area contributed by atoms with Crippen molar-refractivity contribution < 1.29 is 13.3 Å². The van der Waals surface area contributed by atoms with E-state index in [0.29, 0.717) is 31.5 Å². The second kappa shape index (κ2) is 6.68. The molecule has 6 heteroatoms. The van der Waals surface area contributed by atoms with Gasteiger partial charge in [-0.25, -0.2) is 18.2 Å². The highest BCUT2D eigenvalue weighted by Gasteiger charge is 2.25. The van der Waals surface area contributed by atoms with E-state index >= 15 is 0 Å². The molecule has 0 amide bonds. The molecule has 0 saturated carbocycles. The monoisotopic (exact) mass is 264 g/mol. The zero-order chi connectivity index (χ0) is 12.9. The second-order valence-electron chi connectivity index (χ2n) is 5.18. The van der Waals surface area contributed by atoms with Gasteiger partial charge in [0.25, 0.3) is 0 Å². The summed E-state index contributed by atoms with van der Waals surface area (Å²) in [6, 6.07) is 0. The molecule has 1 aliphatic rings. The van der Waals surface area contributed by atoms with Crippen molar-refractivity contribution in [2.24, 2.45) is 11.8 Å². The maximum atomic E-state index is 11.4. The van der Waals surface area contributed by atoms with E-state index in [9.17, 15) is 8.42 Å². The molecule has 5 nitrogen and oxygen atoms in total. The topological polar surface area (TPSA) is 58.6 Å². The van der Waals surface area contributed by atoms with E-state index in [1.54, 1.807) is 4.31 Å². The van der Waals surface area contributed by atoms with Crippen LogP contribution in [-0.2, 0) is 14.9 Å². The van der Waals surface area contributed by atoms with Crippen LogP contribution in [-0.4, -0.2) is 45.2 Å². The molecule has 0 spiro atoms. The molecule has 1 rings (SSSR count). The molecule has 1 fully saturated rings. The standard InChI is InChI=1S/C11H24N2O3S/c1-10(2)9-16-12-7-11-5-4-6-13(8-11)17(3,14)15/h10-12H,4-9H2,1-3H3. The first-order valence-electron chi connectivity index (χ1n) is 6.19. The fourth-order valence-electron chi connectivity index (χ4n) is 1.90. The van der Waals surface area contributed by atoms with Crippen LogP contribution in [0.4, 0.5) is 0 Å². The minimum Gasteiger partial charge on any atom is -0.302 e. The molecule has 1 saturated heterocycles. The van der Waals surface area contributed by atoms with Gasteiger partial charge >= 0.3 is 0 Å². The summed E-state index contributed by atoms with van der Waals surface area (Å²) in [4.78, 5) is 5.30. The van der Waals surface area contributed by atoms with Crippen molar-refractivity contribution in [1.29, 1.82) is 0 Å². The first-order chi connectivity index (χ1) is 7.89. The second-order valence-corrected chi connectivity index (χ2v) is 7.17. The molecule has 0 aliphatic carbocycles. The summed E-state index contributed by atoms with van der Waals surface area (Å²) in [7, 11) is -3.04. The number of hydrogen-bond acceptors (Lipinski definition) is 4. The lowest BCUT2D eigenvalue weighted by Crippen LogP contribution is -2.42. The van der Waals surface area contributed by atoms with Crippen LogP contribution in [0.5, 0.6) is 0 Å². The lowest BCUT2D eigenvalue weighted by Gasteiger charge is -2.30. The van der Waals surface area contributed by atoms with Gasteiger partial charge in [0.1, 0.15) is 0 Å². The van der Waals surface area contributed by atoms with Gasteiger partial charge in [0, 0.05) is 19.6 Å². The van der Waals surface area contributed by atoms with E-state index in [2.05, 4.69) is 19.3 Å². The average Bonchev–Trinajstić information content (AvgIpc) is 2.23. The fraction of sp³-hybridized carbons (Fsp3) is 1.00. The lowest BCUT2D eigenvalue weighted by molar-refractivity contribution is 0.0119. The van der Waals surface area contributed by atoms with Crippen molar-refractivity contribution in [3.05, 3.63) is 0 Å². The summed E-state index contributed by atoms with van der Waals surface area (Å²) in [6.07, 6.45) is 3.27. The lowest BCUT2D eigenvalue weighted by atomic mass is 10.0. The molecule has 0 radical (unpaired) electrons. The van der Waals surface area contributed by atoms with E-state index in [-0.39, 0.29) is 0 Å². The normalized spacial score (nSPS) is 23.2. The third-order valence-corrected chi connectivity index (χ3v) is 4.11. The smallest absolute Gasteiger partial charge is 0.211 e. The predicted octanol–water partition coefficient (Wildman–Crippen LogP) is 0.835. The van der Waals surface area contributed by atoms with E-state index in [1.165, 1.54) is 6.26 Å². The van der Waals surface area contributed by atoms with Crippen LogP contribution < -0.4 is 5.48 Å². The predicted molar refractivity (Wildman–Crippen MR) is 67.9 cm³/mol. The zero-order valence-electron chi connectivity index (χ0n) is 11.0. The van der Waals surface area contributed by atoms with Crippen LogP contribution in [0.15, 0.2) is 0 Å². The van der Waals surface area contributed by atoms with Crippen molar-refractivity contribution in [3.63, 3.8) is 0 Å². The number of nitrogens with one attached hydrogen (secondary N) is 1. The summed E-state index contributed by atoms with van der Waals surface area (Å²) in [5, 5.41) is 0. The molecular weight excluding hydrogens is 240 g/mol. The number of nitrogens with zero attached hydrogens (tertiary/aromatic N) is 1. The maximum absolute atomic E-state index is 11.4. The number of hydroxylamine groups is 1. The van der Waals surface area contributed by atoms with Crippen molar-refractivity contribution in [1.82, 2.24) is 9.79 Å². The minimum absolute atomic E-state index is 0.352. The Bertz CT molecular complexity index is 317. The van der Waals surface area contributed by atoms with Crippen molar-refractivity contribution >= 4 is 10.0 Å². The molecule has 0 aromatic rings. The molecule has 1 atom stereocenters. The van der Waals surface area contributed by atoms with Gasteiger partial charge in [-0.3, -0.25) is 0 Å². The highest BCUT2D eigenvalue weighted by molar-refractivity contribution is 7.88. The summed E-state index contributed by atoms with van der Waals surface area (Å²) in [5.74, 6) is 0.854. The van der Waals surface area contributed by atoms with E-state index in [4.69, 9.17) is 4.84 Å². The Hall–Kier alpha value is -0.170. The molecule has 1 heterocycles. The molecule has 0 bridgehead atoms. The Balaban J connectivity index is 2.26. The van der Waals surface area contributed by atoms with Gasteiger partial charge in [-0.15, -0.1) is 0 Å². The Morgan fingerprint density at radius 3 is 2.76 bits per heavy atom. The minimum atomic E-state index is -3.04. The quantitative estimate of drug-likeness (QED) is 0.570. The van der Waals surface area contributed by atoms with Gasteiger partial charge < -0.3 is 4.84 Å². The molecular formula is C11H24N2O3S. The molecule has 17 heavy (non-hydrogen) atoms. The average molecular weight is 264 g/mol. The van der Waals surface area contributed by atoms with Gasteiger partial charge in [0.2, 0.25) is 10.0 Å². The Morgan fingerprint density at radius 1 is 1.47 bits per heavy atom. The Morgan fingerprint density at radius 2 is 2.18 bits per heavy atom. The molecule has 1 aliphatic heterocycles. The Kier molecular flexibility index (Phi) is 5.85. The zero-order valence-corrected chi connectivity index (χ0v) is 11.8. The number of sulfonamides is 1. The van der Waals surface area contributed by atoms with Crippen LogP contribution >= 0.6 is 0 Å². The van der Waals surface area contributed by atoms with Crippen LogP contribution in [0.25, 0.3) is 0 Å². The van der Waals surface area contributed by atoms with Gasteiger partial charge in [-0.05, 0) is 24.7 Å². The third kappa shape index (κ3) is 5.81. The summed E-state index contributed by atoms with van der Waals surface area (Å²) >= 11 is 0. The van der Waals surface area contributed by atoms with Crippen molar-refractivity contribution in [2.45, 2.75) is 26.7 Å².